The van der Waals surface area contributed by atoms with E-state index in [0.717, 1.165) is 46.7 Å². The number of fused-ring (bicyclic) bond motifs is 2. The van der Waals surface area contributed by atoms with E-state index in [1.165, 1.54) is 37.9 Å². The second-order valence-electron chi connectivity index (χ2n) is 10.0. The Morgan fingerprint density at radius 1 is 0.914 bits per heavy atom. The molecule has 1 aliphatic carbocycles. The highest BCUT2D eigenvalue weighted by atomic mass is 15.4. The molecule has 0 spiro atoms. The summed E-state index contributed by atoms with van der Waals surface area (Å²) >= 11 is 0. The number of pyridine rings is 2. The van der Waals surface area contributed by atoms with Crippen molar-refractivity contribution in [2.24, 2.45) is 11.8 Å². The number of hydrogen-bond donors (Lipinski definition) is 0. The van der Waals surface area contributed by atoms with Gasteiger partial charge >= 0.3 is 0 Å². The molecule has 7 rings (SSSR count). The molecular formula is C27H28N8. The van der Waals surface area contributed by atoms with Gasteiger partial charge in [0, 0.05) is 56.2 Å². The maximum absolute atomic E-state index is 4.80. The standard InChI is InChI=1S/C27H28N8/c1-2-9-33(8-1)25-10-23(11-28-12-25)26-19-35(31-30-26)18-24-17-34-14-20(6-7-27(34)29-24)13-32-15-21-4-3-5-22(21)16-32/h1-2,6-12,14,17,19,21-22H,3-5,13,15-16,18H2. The minimum Gasteiger partial charge on any atom is -0.322 e. The highest BCUT2D eigenvalue weighted by molar-refractivity contribution is 5.59. The maximum atomic E-state index is 4.80. The molecule has 2 unspecified atom stereocenters. The summed E-state index contributed by atoms with van der Waals surface area (Å²) in [5.74, 6) is 1.86. The van der Waals surface area contributed by atoms with Gasteiger partial charge < -0.3 is 8.97 Å². The van der Waals surface area contributed by atoms with Crippen LogP contribution in [0.3, 0.4) is 0 Å². The van der Waals surface area contributed by atoms with Crippen LogP contribution < -0.4 is 0 Å². The Morgan fingerprint density at radius 2 is 1.77 bits per heavy atom. The second kappa shape index (κ2) is 8.46. The lowest BCUT2D eigenvalue weighted by atomic mass is 10.0. The van der Waals surface area contributed by atoms with E-state index in [1.807, 2.05) is 52.4 Å². The van der Waals surface area contributed by atoms with Gasteiger partial charge in [0.1, 0.15) is 11.3 Å². The largest absolute Gasteiger partial charge is 0.322 e. The summed E-state index contributed by atoms with van der Waals surface area (Å²) in [6.45, 7) is 4.12. The number of hydrogen-bond acceptors (Lipinski definition) is 5. The molecule has 2 fully saturated rings. The molecule has 2 atom stereocenters. The van der Waals surface area contributed by atoms with Crippen molar-refractivity contribution >= 4 is 5.65 Å². The number of rotatable bonds is 6. The van der Waals surface area contributed by atoms with Crippen LogP contribution in [0.1, 0.15) is 30.5 Å². The maximum Gasteiger partial charge on any atom is 0.137 e. The van der Waals surface area contributed by atoms with E-state index in [4.69, 9.17) is 4.98 Å². The Morgan fingerprint density at radius 3 is 2.63 bits per heavy atom. The number of aromatic nitrogens is 7. The van der Waals surface area contributed by atoms with Gasteiger partial charge in [-0.25, -0.2) is 9.67 Å². The summed E-state index contributed by atoms with van der Waals surface area (Å²) in [6, 6.07) is 10.4. The first-order valence-electron chi connectivity index (χ1n) is 12.4. The predicted molar refractivity (Wildman–Crippen MR) is 133 cm³/mol. The van der Waals surface area contributed by atoms with Crippen LogP contribution in [-0.2, 0) is 13.1 Å². The van der Waals surface area contributed by atoms with E-state index in [1.54, 1.807) is 0 Å². The van der Waals surface area contributed by atoms with Crippen molar-refractivity contribution in [2.75, 3.05) is 13.1 Å². The van der Waals surface area contributed by atoms with Crippen molar-refractivity contribution in [3.8, 4) is 16.9 Å². The molecular weight excluding hydrogens is 436 g/mol. The lowest BCUT2D eigenvalue weighted by Crippen LogP contribution is -2.21. The van der Waals surface area contributed by atoms with Crippen LogP contribution in [0.5, 0.6) is 0 Å². The molecule has 176 valence electrons. The van der Waals surface area contributed by atoms with Gasteiger partial charge in [0.15, 0.2) is 0 Å². The van der Waals surface area contributed by atoms with Gasteiger partial charge in [-0.3, -0.25) is 9.88 Å². The summed E-state index contributed by atoms with van der Waals surface area (Å²) in [7, 11) is 0. The lowest BCUT2D eigenvalue weighted by molar-refractivity contribution is 0.303. The Hall–Kier alpha value is -3.78. The van der Waals surface area contributed by atoms with Crippen LogP contribution in [0.4, 0.5) is 0 Å². The molecule has 0 aromatic carbocycles. The summed E-state index contributed by atoms with van der Waals surface area (Å²) in [5, 5.41) is 8.72. The Labute approximate surface area is 203 Å². The zero-order valence-electron chi connectivity index (χ0n) is 19.6. The topological polar surface area (TPSA) is 69.1 Å². The van der Waals surface area contributed by atoms with Crippen LogP contribution in [0.2, 0.25) is 0 Å². The highest BCUT2D eigenvalue weighted by Gasteiger charge is 2.35. The average Bonchev–Trinajstić information content (AvgIpc) is 3.68. The summed E-state index contributed by atoms with van der Waals surface area (Å²) in [5.41, 5.74) is 6.01. The monoisotopic (exact) mass is 464 g/mol. The van der Waals surface area contributed by atoms with Crippen molar-refractivity contribution in [3.05, 3.63) is 85.0 Å². The molecule has 5 aromatic heterocycles. The molecule has 8 nitrogen and oxygen atoms in total. The third-order valence-electron chi connectivity index (χ3n) is 7.56. The van der Waals surface area contributed by atoms with Crippen LogP contribution in [0.15, 0.2) is 73.7 Å². The van der Waals surface area contributed by atoms with Crippen molar-refractivity contribution in [2.45, 2.75) is 32.4 Å². The number of likely N-dealkylation sites (tertiary alicyclic amines) is 1. The first-order chi connectivity index (χ1) is 17.3. The van der Waals surface area contributed by atoms with E-state index in [0.29, 0.717) is 6.54 Å². The Kier molecular flexibility index (Phi) is 4.98. The third-order valence-corrected chi connectivity index (χ3v) is 7.56. The normalized spacial score (nSPS) is 20.1. The molecule has 1 saturated carbocycles. The minimum atomic E-state index is 0.574. The predicted octanol–water partition coefficient (Wildman–Crippen LogP) is 4.06. The van der Waals surface area contributed by atoms with Gasteiger partial charge in [-0.2, -0.15) is 0 Å². The number of imidazole rings is 1. The van der Waals surface area contributed by atoms with Gasteiger partial charge in [0.25, 0.3) is 0 Å². The number of nitrogens with zero attached hydrogens (tertiary/aromatic N) is 8. The highest BCUT2D eigenvalue weighted by Crippen LogP contribution is 2.38. The first-order valence-corrected chi connectivity index (χ1v) is 12.4. The fourth-order valence-electron chi connectivity index (χ4n) is 5.87. The first kappa shape index (κ1) is 20.6. The summed E-state index contributed by atoms with van der Waals surface area (Å²) in [6.07, 6.45) is 18.2. The molecule has 35 heavy (non-hydrogen) atoms. The van der Waals surface area contributed by atoms with E-state index >= 15 is 0 Å². The summed E-state index contributed by atoms with van der Waals surface area (Å²) in [4.78, 5) is 11.8. The summed E-state index contributed by atoms with van der Waals surface area (Å²) < 4.78 is 6.01. The quantitative estimate of drug-likeness (QED) is 0.379. The van der Waals surface area contributed by atoms with E-state index < -0.39 is 0 Å². The van der Waals surface area contributed by atoms with E-state index in [2.05, 4.69) is 55.2 Å². The second-order valence-corrected chi connectivity index (χ2v) is 10.0. The average molecular weight is 465 g/mol. The molecule has 8 heteroatoms. The van der Waals surface area contributed by atoms with Gasteiger partial charge in [-0.1, -0.05) is 17.7 Å². The molecule has 0 N–H and O–H groups in total. The zero-order valence-corrected chi connectivity index (χ0v) is 19.6. The van der Waals surface area contributed by atoms with Crippen molar-refractivity contribution in [3.63, 3.8) is 0 Å². The fraction of sp³-hybridized carbons (Fsp3) is 0.333. The molecule has 0 radical (unpaired) electrons. The van der Waals surface area contributed by atoms with Gasteiger partial charge in [-0.05, 0) is 54.5 Å². The van der Waals surface area contributed by atoms with Crippen LogP contribution in [-0.4, -0.2) is 51.9 Å². The molecule has 0 bridgehead atoms. The van der Waals surface area contributed by atoms with E-state index in [9.17, 15) is 0 Å². The smallest absolute Gasteiger partial charge is 0.137 e. The van der Waals surface area contributed by atoms with E-state index in [-0.39, 0.29) is 0 Å². The van der Waals surface area contributed by atoms with Crippen LogP contribution in [0, 0.1) is 11.8 Å². The molecule has 2 aliphatic rings. The molecule has 5 aromatic rings. The Bertz CT molecular complexity index is 1450. The Balaban J connectivity index is 1.06. The fourth-order valence-corrected chi connectivity index (χ4v) is 5.87. The van der Waals surface area contributed by atoms with Gasteiger partial charge in [0.2, 0.25) is 0 Å². The van der Waals surface area contributed by atoms with Crippen LogP contribution in [0.25, 0.3) is 22.6 Å². The lowest BCUT2D eigenvalue weighted by Gasteiger charge is -2.16. The van der Waals surface area contributed by atoms with Crippen molar-refractivity contribution in [1.82, 2.24) is 38.8 Å². The van der Waals surface area contributed by atoms with Crippen LogP contribution >= 0.6 is 0 Å². The SMILES string of the molecule is c1ccn(-c2cncc(-c3cn(Cc4cn5cc(CN6CC7CCCC7C6)ccc5n4)nn3)c2)c1. The van der Waals surface area contributed by atoms with Gasteiger partial charge in [-0.15, -0.1) is 5.10 Å². The molecule has 1 saturated heterocycles. The van der Waals surface area contributed by atoms with Gasteiger partial charge in [0.05, 0.1) is 30.3 Å². The molecule has 1 aliphatic heterocycles. The van der Waals surface area contributed by atoms with Crippen molar-refractivity contribution < 1.29 is 0 Å². The molecule has 0 amide bonds. The van der Waals surface area contributed by atoms with Crippen molar-refractivity contribution in [1.29, 1.82) is 0 Å². The minimum absolute atomic E-state index is 0.574. The zero-order chi connectivity index (χ0) is 23.2. The molecule has 6 heterocycles. The third kappa shape index (κ3) is 4.04.